The standard InChI is InChI=1S/C22H21N3O5S/c1-13-5-7-14(8-6-13)20-23-16(11-29-20)12-31-22-25-24-21(30-22)15-9-17(26-2)19(28-4)18(10-15)27-3/h5-11H,12H2,1-4H3. The molecule has 0 aliphatic heterocycles. The van der Waals surface area contributed by atoms with Crippen LogP contribution in [0.3, 0.4) is 0 Å². The fourth-order valence-corrected chi connectivity index (χ4v) is 3.57. The Morgan fingerprint density at radius 2 is 1.58 bits per heavy atom. The van der Waals surface area contributed by atoms with Gasteiger partial charge in [0.15, 0.2) is 11.5 Å². The van der Waals surface area contributed by atoms with Crippen LogP contribution in [0.5, 0.6) is 17.2 Å². The number of benzene rings is 2. The Balaban J connectivity index is 1.47. The second-order valence-electron chi connectivity index (χ2n) is 6.59. The van der Waals surface area contributed by atoms with Gasteiger partial charge in [-0.25, -0.2) is 4.98 Å². The van der Waals surface area contributed by atoms with Crippen LogP contribution in [0.25, 0.3) is 22.9 Å². The van der Waals surface area contributed by atoms with E-state index in [-0.39, 0.29) is 0 Å². The first kappa shape index (κ1) is 20.8. The summed E-state index contributed by atoms with van der Waals surface area (Å²) in [4.78, 5) is 4.53. The van der Waals surface area contributed by atoms with Crippen molar-refractivity contribution in [3.63, 3.8) is 0 Å². The van der Waals surface area contributed by atoms with Gasteiger partial charge in [0.25, 0.3) is 5.22 Å². The van der Waals surface area contributed by atoms with Gasteiger partial charge in [0.1, 0.15) is 6.26 Å². The molecule has 8 nitrogen and oxygen atoms in total. The Kier molecular flexibility index (Phi) is 6.13. The molecule has 0 unspecified atom stereocenters. The summed E-state index contributed by atoms with van der Waals surface area (Å²) in [5, 5.41) is 8.66. The summed E-state index contributed by atoms with van der Waals surface area (Å²) < 4.78 is 27.5. The Morgan fingerprint density at radius 3 is 2.23 bits per heavy atom. The van der Waals surface area contributed by atoms with Crippen LogP contribution in [0, 0.1) is 6.92 Å². The Bertz CT molecular complexity index is 1150. The van der Waals surface area contributed by atoms with Gasteiger partial charge < -0.3 is 23.0 Å². The molecule has 0 N–H and O–H groups in total. The van der Waals surface area contributed by atoms with E-state index >= 15 is 0 Å². The molecule has 0 atom stereocenters. The smallest absolute Gasteiger partial charge is 0.277 e. The molecule has 160 valence electrons. The van der Waals surface area contributed by atoms with E-state index in [9.17, 15) is 0 Å². The van der Waals surface area contributed by atoms with Gasteiger partial charge in [-0.05, 0) is 31.2 Å². The van der Waals surface area contributed by atoms with Crippen molar-refractivity contribution in [1.82, 2.24) is 15.2 Å². The van der Waals surface area contributed by atoms with Gasteiger partial charge in [0, 0.05) is 16.9 Å². The van der Waals surface area contributed by atoms with E-state index < -0.39 is 0 Å². The average molecular weight is 439 g/mol. The van der Waals surface area contributed by atoms with Crippen molar-refractivity contribution in [3.05, 3.63) is 53.9 Å². The fourth-order valence-electron chi connectivity index (χ4n) is 2.93. The fraction of sp³-hybridized carbons (Fsp3) is 0.227. The summed E-state index contributed by atoms with van der Waals surface area (Å²) in [6.07, 6.45) is 1.64. The number of methoxy groups -OCH3 is 3. The van der Waals surface area contributed by atoms with Crippen molar-refractivity contribution in [2.75, 3.05) is 21.3 Å². The molecule has 0 saturated carbocycles. The van der Waals surface area contributed by atoms with Crippen molar-refractivity contribution in [1.29, 1.82) is 0 Å². The van der Waals surface area contributed by atoms with Crippen molar-refractivity contribution in [2.24, 2.45) is 0 Å². The number of oxazole rings is 1. The molecular formula is C22H21N3O5S. The minimum absolute atomic E-state index is 0.349. The van der Waals surface area contributed by atoms with E-state index in [2.05, 4.69) is 15.2 Å². The van der Waals surface area contributed by atoms with Crippen LogP contribution < -0.4 is 14.2 Å². The zero-order valence-electron chi connectivity index (χ0n) is 17.5. The summed E-state index contributed by atoms with van der Waals surface area (Å²) in [7, 11) is 4.66. The number of thioether (sulfide) groups is 1. The molecule has 4 rings (SSSR count). The molecule has 0 fully saturated rings. The molecule has 0 bridgehead atoms. The topological polar surface area (TPSA) is 92.6 Å². The summed E-state index contributed by atoms with van der Waals surface area (Å²) >= 11 is 1.38. The lowest BCUT2D eigenvalue weighted by Crippen LogP contribution is -1.95. The number of ether oxygens (including phenoxy) is 3. The average Bonchev–Trinajstić information content (AvgIpc) is 3.47. The first-order chi connectivity index (χ1) is 15.1. The third-order valence-corrected chi connectivity index (χ3v) is 5.36. The monoisotopic (exact) mass is 439 g/mol. The van der Waals surface area contributed by atoms with Gasteiger partial charge in [0.05, 0.1) is 27.0 Å². The molecule has 4 aromatic rings. The van der Waals surface area contributed by atoms with Crippen molar-refractivity contribution in [3.8, 4) is 40.2 Å². The van der Waals surface area contributed by atoms with Crippen LogP contribution in [0.1, 0.15) is 11.3 Å². The van der Waals surface area contributed by atoms with Gasteiger partial charge in [0.2, 0.25) is 17.5 Å². The van der Waals surface area contributed by atoms with Crippen molar-refractivity contribution < 1.29 is 23.0 Å². The van der Waals surface area contributed by atoms with Crippen LogP contribution >= 0.6 is 11.8 Å². The Labute approximate surface area is 183 Å². The molecule has 2 aromatic carbocycles. The van der Waals surface area contributed by atoms with E-state index in [1.807, 2.05) is 31.2 Å². The van der Waals surface area contributed by atoms with E-state index in [0.717, 1.165) is 11.3 Å². The molecule has 0 saturated heterocycles. The minimum Gasteiger partial charge on any atom is -0.493 e. The lowest BCUT2D eigenvalue weighted by molar-refractivity contribution is 0.324. The molecule has 0 aliphatic rings. The lowest BCUT2D eigenvalue weighted by atomic mass is 10.1. The lowest BCUT2D eigenvalue weighted by Gasteiger charge is -2.12. The van der Waals surface area contributed by atoms with Crippen LogP contribution in [-0.4, -0.2) is 36.5 Å². The molecule has 0 aliphatic carbocycles. The second kappa shape index (κ2) is 9.13. The number of rotatable bonds is 8. The Hall–Kier alpha value is -3.46. The zero-order valence-corrected chi connectivity index (χ0v) is 18.4. The predicted octanol–water partition coefficient (Wildman–Crippen LogP) is 5.02. The highest BCUT2D eigenvalue weighted by molar-refractivity contribution is 7.98. The largest absolute Gasteiger partial charge is 0.493 e. The normalized spacial score (nSPS) is 10.8. The maximum absolute atomic E-state index is 5.80. The summed E-state index contributed by atoms with van der Waals surface area (Å²) in [5.74, 6) is 2.98. The summed E-state index contributed by atoms with van der Waals surface area (Å²) in [6.45, 7) is 2.04. The molecule has 31 heavy (non-hydrogen) atoms. The van der Waals surface area contributed by atoms with Crippen LogP contribution in [0.2, 0.25) is 0 Å². The molecule has 9 heteroatoms. The highest BCUT2D eigenvalue weighted by atomic mass is 32.2. The van der Waals surface area contributed by atoms with Crippen molar-refractivity contribution >= 4 is 11.8 Å². The summed E-state index contributed by atoms with van der Waals surface area (Å²) in [5.41, 5.74) is 3.57. The van der Waals surface area contributed by atoms with Crippen LogP contribution in [0.4, 0.5) is 0 Å². The van der Waals surface area contributed by atoms with E-state index in [4.69, 9.17) is 23.0 Å². The predicted molar refractivity (Wildman–Crippen MR) is 116 cm³/mol. The molecule has 2 heterocycles. The van der Waals surface area contributed by atoms with E-state index in [1.165, 1.54) is 17.3 Å². The SMILES string of the molecule is COc1cc(-c2nnc(SCc3coc(-c4ccc(C)cc4)n3)o2)cc(OC)c1OC. The van der Waals surface area contributed by atoms with Gasteiger partial charge >= 0.3 is 0 Å². The Morgan fingerprint density at radius 1 is 0.871 bits per heavy atom. The zero-order chi connectivity index (χ0) is 21.8. The van der Waals surface area contributed by atoms with Gasteiger partial charge in [-0.2, -0.15) is 0 Å². The quantitative estimate of drug-likeness (QED) is 0.351. The van der Waals surface area contributed by atoms with E-state index in [0.29, 0.717) is 45.6 Å². The first-order valence-corrected chi connectivity index (χ1v) is 10.4. The highest BCUT2D eigenvalue weighted by Crippen LogP contribution is 2.41. The maximum Gasteiger partial charge on any atom is 0.277 e. The first-order valence-electron chi connectivity index (χ1n) is 9.39. The third-order valence-electron chi connectivity index (χ3n) is 4.51. The molecular weight excluding hydrogens is 418 g/mol. The van der Waals surface area contributed by atoms with Crippen LogP contribution in [0.15, 0.2) is 56.7 Å². The minimum atomic E-state index is 0.349. The maximum atomic E-state index is 5.80. The van der Waals surface area contributed by atoms with Gasteiger partial charge in [-0.15, -0.1) is 10.2 Å². The van der Waals surface area contributed by atoms with Gasteiger partial charge in [-0.3, -0.25) is 0 Å². The molecule has 0 amide bonds. The third kappa shape index (κ3) is 4.51. The summed E-state index contributed by atoms with van der Waals surface area (Å²) in [6, 6.07) is 11.5. The number of aromatic nitrogens is 3. The second-order valence-corrected chi connectivity index (χ2v) is 7.51. The van der Waals surface area contributed by atoms with Crippen LogP contribution in [-0.2, 0) is 5.75 Å². The number of hydrogen-bond acceptors (Lipinski definition) is 9. The molecule has 0 radical (unpaired) electrons. The van der Waals surface area contributed by atoms with E-state index in [1.54, 1.807) is 39.7 Å². The molecule has 0 spiro atoms. The van der Waals surface area contributed by atoms with Crippen molar-refractivity contribution in [2.45, 2.75) is 17.9 Å². The number of nitrogens with zero attached hydrogens (tertiary/aromatic N) is 3. The number of aryl methyl sites for hydroxylation is 1. The van der Waals surface area contributed by atoms with Gasteiger partial charge in [-0.1, -0.05) is 29.5 Å². The molecule has 2 aromatic heterocycles. The highest BCUT2D eigenvalue weighted by Gasteiger charge is 2.18. The number of hydrogen-bond donors (Lipinski definition) is 0.